The first-order valence-corrected chi connectivity index (χ1v) is 7.62. The van der Waals surface area contributed by atoms with E-state index in [1.54, 1.807) is 7.11 Å². The highest BCUT2D eigenvalue weighted by Crippen LogP contribution is 2.27. The largest absolute Gasteiger partial charge is 0.380 e. The minimum Gasteiger partial charge on any atom is -0.380 e. The minimum absolute atomic E-state index is 0.371. The second kappa shape index (κ2) is 5.55. The zero-order chi connectivity index (χ0) is 12.4. The topological polar surface area (TPSA) is 37.4 Å². The summed E-state index contributed by atoms with van der Waals surface area (Å²) < 4.78 is 5.46. The summed E-state index contributed by atoms with van der Waals surface area (Å²) in [4.78, 5) is 8.26. The third kappa shape index (κ3) is 3.02. The summed E-state index contributed by atoms with van der Waals surface area (Å²) in [5.74, 6) is 0. The summed E-state index contributed by atoms with van der Waals surface area (Å²) >= 11 is 1.82. The van der Waals surface area contributed by atoms with Gasteiger partial charge in [0.25, 0.3) is 0 Å². The van der Waals surface area contributed by atoms with Crippen molar-refractivity contribution in [2.45, 2.75) is 44.4 Å². The van der Waals surface area contributed by atoms with Gasteiger partial charge in [-0.15, -0.1) is 11.3 Å². The molecule has 2 heterocycles. The number of ether oxygens (including phenoxy) is 1. The van der Waals surface area contributed by atoms with Gasteiger partial charge < -0.3 is 15.0 Å². The van der Waals surface area contributed by atoms with Gasteiger partial charge in [-0.1, -0.05) is 0 Å². The average molecular weight is 267 g/mol. The lowest BCUT2D eigenvalue weighted by atomic mass is 10.1. The molecule has 0 aromatic carbocycles. The Morgan fingerprint density at radius 2 is 2.39 bits per heavy atom. The molecule has 100 valence electrons. The molecule has 5 heteroatoms. The first-order valence-electron chi connectivity index (χ1n) is 6.81. The van der Waals surface area contributed by atoms with Gasteiger partial charge in [0.05, 0.1) is 6.10 Å². The van der Waals surface area contributed by atoms with Gasteiger partial charge in [0.15, 0.2) is 5.13 Å². The standard InChI is InChI=1S/C13H21N3OS/c1-17-11-3-2-6-16(9-11)13-15-8-12(18-13)7-14-10-4-5-10/h8,10-11,14H,2-7,9H2,1H3. The molecule has 1 aromatic heterocycles. The van der Waals surface area contributed by atoms with Crippen LogP contribution in [0.25, 0.3) is 0 Å². The molecule has 1 saturated heterocycles. The summed E-state index contributed by atoms with van der Waals surface area (Å²) in [6, 6.07) is 0.767. The summed E-state index contributed by atoms with van der Waals surface area (Å²) in [7, 11) is 1.81. The van der Waals surface area contributed by atoms with Crippen molar-refractivity contribution >= 4 is 16.5 Å². The van der Waals surface area contributed by atoms with Crippen LogP contribution in [0.1, 0.15) is 30.6 Å². The van der Waals surface area contributed by atoms with E-state index in [-0.39, 0.29) is 0 Å². The molecule has 1 unspecified atom stereocenters. The Kier molecular flexibility index (Phi) is 3.82. The van der Waals surface area contributed by atoms with E-state index in [1.807, 2.05) is 17.5 Å². The highest BCUT2D eigenvalue weighted by Gasteiger charge is 2.23. The quantitative estimate of drug-likeness (QED) is 0.885. The van der Waals surface area contributed by atoms with Crippen LogP contribution >= 0.6 is 11.3 Å². The maximum absolute atomic E-state index is 5.46. The number of thiazole rings is 1. The second-order valence-corrected chi connectivity index (χ2v) is 6.30. The average Bonchev–Trinajstić information content (AvgIpc) is 3.13. The van der Waals surface area contributed by atoms with Gasteiger partial charge in [-0.05, 0) is 25.7 Å². The van der Waals surface area contributed by atoms with Gasteiger partial charge in [-0.3, -0.25) is 0 Å². The highest BCUT2D eigenvalue weighted by atomic mass is 32.1. The monoisotopic (exact) mass is 267 g/mol. The van der Waals surface area contributed by atoms with Crippen molar-refractivity contribution in [1.82, 2.24) is 10.3 Å². The van der Waals surface area contributed by atoms with Gasteiger partial charge in [-0.25, -0.2) is 4.98 Å². The number of hydrogen-bond acceptors (Lipinski definition) is 5. The van der Waals surface area contributed by atoms with E-state index in [2.05, 4.69) is 15.2 Å². The fourth-order valence-corrected chi connectivity index (χ4v) is 3.26. The maximum Gasteiger partial charge on any atom is 0.185 e. The Morgan fingerprint density at radius 1 is 1.50 bits per heavy atom. The Labute approximate surface area is 112 Å². The third-order valence-corrected chi connectivity index (χ3v) is 4.72. The zero-order valence-electron chi connectivity index (χ0n) is 10.9. The van der Waals surface area contributed by atoms with Gasteiger partial charge in [0.1, 0.15) is 0 Å². The molecule has 4 nitrogen and oxygen atoms in total. The van der Waals surface area contributed by atoms with Crippen LogP contribution in [0.4, 0.5) is 5.13 Å². The Morgan fingerprint density at radius 3 is 3.17 bits per heavy atom. The number of nitrogens with one attached hydrogen (secondary N) is 1. The number of rotatable bonds is 5. The molecule has 18 heavy (non-hydrogen) atoms. The summed E-state index contributed by atoms with van der Waals surface area (Å²) in [6.07, 6.45) is 7.45. The fourth-order valence-electron chi connectivity index (χ4n) is 2.36. The van der Waals surface area contributed by atoms with Crippen molar-refractivity contribution in [3.63, 3.8) is 0 Å². The molecule has 1 aromatic rings. The van der Waals surface area contributed by atoms with Crippen molar-refractivity contribution in [3.8, 4) is 0 Å². The number of hydrogen-bond donors (Lipinski definition) is 1. The molecule has 0 amide bonds. The molecule has 3 rings (SSSR count). The number of aromatic nitrogens is 1. The molecule has 1 N–H and O–H groups in total. The first kappa shape index (κ1) is 12.4. The van der Waals surface area contributed by atoms with Crippen molar-refractivity contribution in [2.75, 3.05) is 25.1 Å². The van der Waals surface area contributed by atoms with Crippen LogP contribution in [0, 0.1) is 0 Å². The van der Waals surface area contributed by atoms with Crippen molar-refractivity contribution in [3.05, 3.63) is 11.1 Å². The lowest BCUT2D eigenvalue weighted by Gasteiger charge is -2.31. The van der Waals surface area contributed by atoms with Gasteiger partial charge in [0, 0.05) is 43.9 Å². The summed E-state index contributed by atoms with van der Waals surface area (Å²) in [6.45, 7) is 3.08. The van der Waals surface area contributed by atoms with Crippen molar-refractivity contribution < 1.29 is 4.74 Å². The van der Waals surface area contributed by atoms with E-state index in [0.717, 1.165) is 30.8 Å². The Balaban J connectivity index is 1.57. The van der Waals surface area contributed by atoms with Crippen LogP contribution in [0.3, 0.4) is 0 Å². The zero-order valence-corrected chi connectivity index (χ0v) is 11.7. The van der Waals surface area contributed by atoms with Crippen molar-refractivity contribution in [2.24, 2.45) is 0 Å². The maximum atomic E-state index is 5.46. The molecule has 1 aliphatic carbocycles. The number of methoxy groups -OCH3 is 1. The second-order valence-electron chi connectivity index (χ2n) is 5.21. The van der Waals surface area contributed by atoms with E-state index in [4.69, 9.17) is 4.74 Å². The fraction of sp³-hybridized carbons (Fsp3) is 0.769. The van der Waals surface area contributed by atoms with Gasteiger partial charge in [0.2, 0.25) is 0 Å². The minimum atomic E-state index is 0.371. The molecule has 1 aliphatic heterocycles. The normalized spacial score (nSPS) is 24.5. The Hall–Kier alpha value is -0.650. The summed E-state index contributed by atoms with van der Waals surface area (Å²) in [5, 5.41) is 4.69. The molecule has 0 bridgehead atoms. The molecule has 1 atom stereocenters. The van der Waals surface area contributed by atoms with Gasteiger partial charge in [-0.2, -0.15) is 0 Å². The molecule has 0 radical (unpaired) electrons. The SMILES string of the molecule is COC1CCCN(c2ncc(CNC3CC3)s2)C1. The lowest BCUT2D eigenvalue weighted by molar-refractivity contribution is 0.0893. The van der Waals surface area contributed by atoms with Crippen LogP contribution in [0.15, 0.2) is 6.20 Å². The van der Waals surface area contributed by atoms with Crippen molar-refractivity contribution in [1.29, 1.82) is 0 Å². The molecule has 0 spiro atoms. The van der Waals surface area contributed by atoms with Crippen LogP contribution in [0.5, 0.6) is 0 Å². The molecular formula is C13H21N3OS. The molecule has 2 aliphatic rings. The third-order valence-electron chi connectivity index (χ3n) is 3.67. The molecular weight excluding hydrogens is 246 g/mol. The summed E-state index contributed by atoms with van der Waals surface area (Å²) in [5.41, 5.74) is 0. The Bertz CT molecular complexity index is 391. The lowest BCUT2D eigenvalue weighted by Crippen LogP contribution is -2.39. The van der Waals surface area contributed by atoms with E-state index in [1.165, 1.54) is 30.6 Å². The van der Waals surface area contributed by atoms with Crippen LogP contribution < -0.4 is 10.2 Å². The van der Waals surface area contributed by atoms with Crippen LogP contribution in [-0.2, 0) is 11.3 Å². The van der Waals surface area contributed by atoms with E-state index < -0.39 is 0 Å². The van der Waals surface area contributed by atoms with Crippen LogP contribution in [-0.4, -0.2) is 37.3 Å². The predicted molar refractivity (Wildman–Crippen MR) is 74.2 cm³/mol. The van der Waals surface area contributed by atoms with E-state index in [9.17, 15) is 0 Å². The van der Waals surface area contributed by atoms with E-state index in [0.29, 0.717) is 6.10 Å². The molecule has 1 saturated carbocycles. The number of anilines is 1. The number of nitrogens with zero attached hydrogens (tertiary/aromatic N) is 2. The number of piperidine rings is 1. The predicted octanol–water partition coefficient (Wildman–Crippen LogP) is 2.01. The highest BCUT2D eigenvalue weighted by molar-refractivity contribution is 7.15. The van der Waals surface area contributed by atoms with Gasteiger partial charge >= 0.3 is 0 Å². The smallest absolute Gasteiger partial charge is 0.185 e. The molecule has 2 fully saturated rings. The first-order chi connectivity index (χ1) is 8.85. The van der Waals surface area contributed by atoms with E-state index >= 15 is 0 Å². The van der Waals surface area contributed by atoms with Crippen LogP contribution in [0.2, 0.25) is 0 Å².